The van der Waals surface area contributed by atoms with Crippen molar-refractivity contribution >= 4 is 11.1 Å². The third-order valence-electron chi connectivity index (χ3n) is 1.36. The molecule has 0 aromatic heterocycles. The molecule has 11 heavy (non-hydrogen) atoms. The van der Waals surface area contributed by atoms with Crippen LogP contribution in [0.15, 0.2) is 0 Å². The van der Waals surface area contributed by atoms with Crippen molar-refractivity contribution in [1.82, 2.24) is 0 Å². The summed E-state index contributed by atoms with van der Waals surface area (Å²) in [5.41, 5.74) is 0. The Morgan fingerprint density at radius 2 is 1.91 bits per heavy atom. The molecule has 4 heteroatoms. The van der Waals surface area contributed by atoms with Crippen LogP contribution in [0.25, 0.3) is 0 Å². The third kappa shape index (κ3) is 9.60. The van der Waals surface area contributed by atoms with Crippen LogP contribution >= 0.6 is 0 Å². The van der Waals surface area contributed by atoms with Gasteiger partial charge in [-0.05, 0) is 12.8 Å². The maximum absolute atomic E-state index is 10.1. The fraction of sp³-hybridized carbons (Fsp3) is 0.857. The van der Waals surface area contributed by atoms with E-state index in [4.69, 9.17) is 9.81 Å². The van der Waals surface area contributed by atoms with Gasteiger partial charge in [0.2, 0.25) is 0 Å². The van der Waals surface area contributed by atoms with Gasteiger partial charge < -0.3 is 4.55 Å². The summed E-state index contributed by atoms with van der Waals surface area (Å²) < 4.78 is 18.5. The molecule has 0 rings (SSSR count). The molecule has 64 valence electrons. The SMILES string of the molecule is N#CCCCCCCS(=O)O. The maximum atomic E-state index is 10.1. The minimum Gasteiger partial charge on any atom is -0.306 e. The summed E-state index contributed by atoms with van der Waals surface area (Å²) in [6, 6.07) is 2.06. The topological polar surface area (TPSA) is 61.1 Å². The first-order valence-corrected chi connectivity index (χ1v) is 4.99. The molecule has 0 aliphatic carbocycles. The van der Waals surface area contributed by atoms with Gasteiger partial charge in [-0.3, -0.25) is 0 Å². The first kappa shape index (κ1) is 10.6. The van der Waals surface area contributed by atoms with Gasteiger partial charge in [0.25, 0.3) is 0 Å². The molecule has 1 atom stereocenters. The number of unbranched alkanes of at least 4 members (excludes halogenated alkanes) is 4. The Kier molecular flexibility index (Phi) is 7.42. The van der Waals surface area contributed by atoms with Crippen LogP contribution in [0.3, 0.4) is 0 Å². The Labute approximate surface area is 69.7 Å². The molecule has 1 unspecified atom stereocenters. The second-order valence-corrected chi connectivity index (χ2v) is 3.40. The maximum Gasteiger partial charge on any atom is 0.152 e. The van der Waals surface area contributed by atoms with E-state index < -0.39 is 11.1 Å². The monoisotopic (exact) mass is 175 g/mol. The Hall–Kier alpha value is -0.400. The fourth-order valence-corrected chi connectivity index (χ4v) is 1.23. The summed E-state index contributed by atoms with van der Waals surface area (Å²) in [4.78, 5) is 0. The standard InChI is InChI=1S/C7H13NO2S/c8-6-4-2-1-3-5-7-11(9)10/h1-5,7H2,(H,9,10). The summed E-state index contributed by atoms with van der Waals surface area (Å²) in [6.45, 7) is 0. The van der Waals surface area contributed by atoms with Crippen LogP contribution in [0, 0.1) is 11.3 Å². The van der Waals surface area contributed by atoms with E-state index in [9.17, 15) is 4.21 Å². The van der Waals surface area contributed by atoms with Crippen LogP contribution in [-0.4, -0.2) is 14.5 Å². The Balaban J connectivity index is 2.92. The van der Waals surface area contributed by atoms with Crippen molar-refractivity contribution in [3.63, 3.8) is 0 Å². The Morgan fingerprint density at radius 3 is 2.45 bits per heavy atom. The molecule has 0 aromatic carbocycles. The zero-order chi connectivity index (χ0) is 8.53. The molecule has 0 saturated carbocycles. The highest BCUT2D eigenvalue weighted by molar-refractivity contribution is 7.79. The molecule has 0 amide bonds. The predicted octanol–water partition coefficient (Wildman–Crippen LogP) is 1.68. The molecule has 0 saturated heterocycles. The van der Waals surface area contributed by atoms with Crippen molar-refractivity contribution < 1.29 is 8.76 Å². The number of rotatable bonds is 6. The van der Waals surface area contributed by atoms with Crippen molar-refractivity contribution in [3.05, 3.63) is 0 Å². The van der Waals surface area contributed by atoms with E-state index in [1.165, 1.54) is 0 Å². The van der Waals surface area contributed by atoms with Gasteiger partial charge in [-0.25, -0.2) is 4.21 Å². The summed E-state index contributed by atoms with van der Waals surface area (Å²) in [6.07, 6.45) is 4.24. The van der Waals surface area contributed by atoms with Crippen LogP contribution in [0.1, 0.15) is 32.1 Å². The zero-order valence-electron chi connectivity index (χ0n) is 6.45. The highest BCUT2D eigenvalue weighted by Crippen LogP contribution is 2.02. The normalized spacial score (nSPS) is 12.4. The van der Waals surface area contributed by atoms with E-state index in [2.05, 4.69) is 6.07 Å². The molecule has 0 spiro atoms. The first-order valence-electron chi connectivity index (χ1n) is 3.72. The van der Waals surface area contributed by atoms with Crippen molar-refractivity contribution in [1.29, 1.82) is 5.26 Å². The van der Waals surface area contributed by atoms with Gasteiger partial charge in [-0.1, -0.05) is 12.8 Å². The molecule has 0 heterocycles. The average Bonchev–Trinajstić information content (AvgIpc) is 1.96. The van der Waals surface area contributed by atoms with Crippen LogP contribution in [0.2, 0.25) is 0 Å². The van der Waals surface area contributed by atoms with Gasteiger partial charge in [-0.2, -0.15) is 5.26 Å². The lowest BCUT2D eigenvalue weighted by Crippen LogP contribution is -1.93. The van der Waals surface area contributed by atoms with E-state index in [1.54, 1.807) is 0 Å². The number of nitriles is 1. The average molecular weight is 175 g/mol. The molecule has 0 aliphatic rings. The summed E-state index contributed by atoms with van der Waals surface area (Å²) >= 11 is -1.64. The van der Waals surface area contributed by atoms with Crippen molar-refractivity contribution in [2.24, 2.45) is 0 Å². The Morgan fingerprint density at radius 1 is 1.27 bits per heavy atom. The smallest absolute Gasteiger partial charge is 0.152 e. The zero-order valence-corrected chi connectivity index (χ0v) is 7.27. The molecule has 0 aliphatic heterocycles. The molecular formula is C7H13NO2S. The van der Waals surface area contributed by atoms with Crippen molar-refractivity contribution in [2.75, 3.05) is 5.75 Å². The van der Waals surface area contributed by atoms with Gasteiger partial charge >= 0.3 is 0 Å². The van der Waals surface area contributed by atoms with Crippen LogP contribution in [0.5, 0.6) is 0 Å². The highest BCUT2D eigenvalue weighted by atomic mass is 32.2. The molecule has 0 aromatic rings. The van der Waals surface area contributed by atoms with Crippen LogP contribution in [0.4, 0.5) is 0 Å². The molecule has 3 nitrogen and oxygen atoms in total. The lowest BCUT2D eigenvalue weighted by atomic mass is 10.2. The first-order chi connectivity index (χ1) is 5.27. The molecule has 0 fully saturated rings. The quantitative estimate of drug-likeness (QED) is 0.493. The van der Waals surface area contributed by atoms with Gasteiger partial charge in [-0.15, -0.1) is 0 Å². The van der Waals surface area contributed by atoms with Gasteiger partial charge in [0.1, 0.15) is 0 Å². The number of nitrogens with zero attached hydrogens (tertiary/aromatic N) is 1. The second kappa shape index (κ2) is 7.70. The summed E-state index contributed by atoms with van der Waals surface area (Å²) in [5.74, 6) is 0.368. The van der Waals surface area contributed by atoms with Gasteiger partial charge in [0.05, 0.1) is 6.07 Å². The Bertz CT molecular complexity index is 153. The van der Waals surface area contributed by atoms with Crippen molar-refractivity contribution in [2.45, 2.75) is 32.1 Å². The third-order valence-corrected chi connectivity index (χ3v) is 2.00. The van der Waals surface area contributed by atoms with Gasteiger partial charge in [0.15, 0.2) is 11.1 Å². The summed E-state index contributed by atoms with van der Waals surface area (Å²) in [5, 5.41) is 8.17. The molecular weight excluding hydrogens is 162 g/mol. The van der Waals surface area contributed by atoms with E-state index in [0.717, 1.165) is 25.7 Å². The number of hydrogen-bond donors (Lipinski definition) is 1. The van der Waals surface area contributed by atoms with Crippen LogP contribution < -0.4 is 0 Å². The highest BCUT2D eigenvalue weighted by Gasteiger charge is 1.93. The van der Waals surface area contributed by atoms with Crippen molar-refractivity contribution in [3.8, 4) is 6.07 Å². The molecule has 0 bridgehead atoms. The van der Waals surface area contributed by atoms with Crippen LogP contribution in [-0.2, 0) is 11.1 Å². The van der Waals surface area contributed by atoms with E-state index in [1.807, 2.05) is 0 Å². The van der Waals surface area contributed by atoms with E-state index in [0.29, 0.717) is 12.2 Å². The van der Waals surface area contributed by atoms with E-state index >= 15 is 0 Å². The largest absolute Gasteiger partial charge is 0.306 e. The lowest BCUT2D eigenvalue weighted by molar-refractivity contribution is 0.558. The minimum absolute atomic E-state index is 0.368. The molecule has 1 N–H and O–H groups in total. The minimum atomic E-state index is -1.64. The van der Waals surface area contributed by atoms with Gasteiger partial charge in [0, 0.05) is 12.2 Å². The summed E-state index contributed by atoms with van der Waals surface area (Å²) in [7, 11) is 0. The molecule has 0 radical (unpaired) electrons. The lowest BCUT2D eigenvalue weighted by Gasteiger charge is -1.95. The predicted molar refractivity (Wildman–Crippen MR) is 44.3 cm³/mol. The second-order valence-electron chi connectivity index (χ2n) is 2.35. The van der Waals surface area contributed by atoms with E-state index in [-0.39, 0.29) is 0 Å². The number of hydrogen-bond acceptors (Lipinski definition) is 2. The fourth-order valence-electron chi connectivity index (χ4n) is 0.783.